The van der Waals surface area contributed by atoms with Crippen LogP contribution in [0.4, 0.5) is 10.5 Å². The molecule has 1 N–H and O–H groups in total. The second-order valence-electron chi connectivity index (χ2n) is 9.08. The largest absolute Gasteiger partial charge is 0.495 e. The summed E-state index contributed by atoms with van der Waals surface area (Å²) in [5, 5.41) is 4.71. The zero-order valence-electron chi connectivity index (χ0n) is 22.7. The molecule has 4 amide bonds. The van der Waals surface area contributed by atoms with E-state index in [2.05, 4.69) is 5.32 Å². The smallest absolute Gasteiger partial charge is 0.336 e. The molecule has 11 heteroatoms. The summed E-state index contributed by atoms with van der Waals surface area (Å²) in [6, 6.07) is 18.8. The number of urea groups is 1. The number of benzene rings is 4. The van der Waals surface area contributed by atoms with Crippen LogP contribution in [0, 0.1) is 0 Å². The van der Waals surface area contributed by atoms with Crippen LogP contribution in [0.25, 0.3) is 16.8 Å². The van der Waals surface area contributed by atoms with E-state index in [1.165, 1.54) is 45.6 Å². The van der Waals surface area contributed by atoms with Gasteiger partial charge in [-0.2, -0.15) is 0 Å². The van der Waals surface area contributed by atoms with Gasteiger partial charge in [-0.15, -0.1) is 0 Å². The minimum Gasteiger partial charge on any atom is -0.495 e. The lowest BCUT2D eigenvalue weighted by Crippen LogP contribution is -2.54. The van der Waals surface area contributed by atoms with E-state index in [4.69, 9.17) is 42.1 Å². The van der Waals surface area contributed by atoms with Gasteiger partial charge < -0.3 is 18.9 Å². The van der Waals surface area contributed by atoms with Gasteiger partial charge in [0.25, 0.3) is 11.8 Å². The number of rotatable bonds is 8. The van der Waals surface area contributed by atoms with Gasteiger partial charge in [-0.05, 0) is 40.1 Å². The quantitative estimate of drug-likeness (QED) is 0.182. The predicted molar refractivity (Wildman–Crippen MR) is 160 cm³/mol. The number of barbiturate groups is 1. The molecule has 9 nitrogen and oxygen atoms in total. The van der Waals surface area contributed by atoms with E-state index < -0.39 is 17.8 Å². The molecular formula is C31H24Cl2N2O7. The van der Waals surface area contributed by atoms with Crippen molar-refractivity contribution in [2.75, 3.05) is 26.2 Å². The average molecular weight is 607 g/mol. The molecule has 4 aromatic rings. The molecule has 1 aliphatic rings. The fourth-order valence-corrected chi connectivity index (χ4v) is 5.10. The van der Waals surface area contributed by atoms with Gasteiger partial charge in [-0.25, -0.2) is 9.69 Å². The number of methoxy groups -OCH3 is 3. The third kappa shape index (κ3) is 5.44. The molecule has 1 saturated heterocycles. The van der Waals surface area contributed by atoms with Crippen molar-refractivity contribution in [3.63, 3.8) is 0 Å². The van der Waals surface area contributed by atoms with Crippen molar-refractivity contribution in [3.05, 3.63) is 93.5 Å². The topological polar surface area (TPSA) is 103 Å². The molecule has 1 fully saturated rings. The third-order valence-electron chi connectivity index (χ3n) is 6.61. The normalized spacial score (nSPS) is 14.3. The molecule has 0 saturated carbocycles. The number of imide groups is 2. The summed E-state index contributed by atoms with van der Waals surface area (Å²) in [7, 11) is 4.19. The molecule has 0 atom stereocenters. The van der Waals surface area contributed by atoms with Gasteiger partial charge in [0.2, 0.25) is 0 Å². The molecule has 1 aliphatic heterocycles. The molecule has 0 aromatic heterocycles. The number of nitrogens with one attached hydrogen (secondary N) is 1. The Morgan fingerprint density at radius 1 is 0.810 bits per heavy atom. The van der Waals surface area contributed by atoms with Crippen molar-refractivity contribution in [2.24, 2.45) is 0 Å². The Morgan fingerprint density at radius 3 is 2.26 bits per heavy atom. The molecular weight excluding hydrogens is 583 g/mol. The highest BCUT2D eigenvalue weighted by atomic mass is 35.5. The molecule has 0 unspecified atom stereocenters. The lowest BCUT2D eigenvalue weighted by Gasteiger charge is -2.28. The van der Waals surface area contributed by atoms with Crippen LogP contribution in [0.1, 0.15) is 11.1 Å². The van der Waals surface area contributed by atoms with E-state index in [9.17, 15) is 14.4 Å². The Bertz CT molecular complexity index is 1760. The first kappa shape index (κ1) is 28.8. The van der Waals surface area contributed by atoms with Crippen LogP contribution in [0.3, 0.4) is 0 Å². The van der Waals surface area contributed by atoms with Gasteiger partial charge in [-0.1, -0.05) is 65.7 Å². The zero-order chi connectivity index (χ0) is 30.0. The third-order valence-corrected chi connectivity index (χ3v) is 7.19. The van der Waals surface area contributed by atoms with Crippen LogP contribution >= 0.6 is 23.2 Å². The summed E-state index contributed by atoms with van der Waals surface area (Å²) in [5.41, 5.74) is 1.03. The van der Waals surface area contributed by atoms with Gasteiger partial charge in [0.05, 0.1) is 37.1 Å². The standard InChI is InChI=1S/C31H24Cl2N2O7/c1-39-25-15-24(26(40-2)14-22(25)32)35-30(37)21(29(36)34-31(35)38)11-17-12-23(33)28(27(13-17)41-3)42-16-19-9-6-8-18-7-4-5-10-20(18)19/h4-15H,16H2,1-3H3,(H,34,36,38)/b21-11+. The molecule has 1 heterocycles. The maximum Gasteiger partial charge on any atom is 0.336 e. The monoisotopic (exact) mass is 606 g/mol. The van der Waals surface area contributed by atoms with Crippen molar-refractivity contribution >= 4 is 63.6 Å². The summed E-state index contributed by atoms with van der Waals surface area (Å²) in [4.78, 5) is 39.9. The first-order valence-corrected chi connectivity index (χ1v) is 13.3. The fourth-order valence-electron chi connectivity index (χ4n) is 4.59. The van der Waals surface area contributed by atoms with Crippen LogP contribution < -0.4 is 29.2 Å². The zero-order valence-corrected chi connectivity index (χ0v) is 24.2. The molecule has 0 radical (unpaired) electrons. The minimum absolute atomic E-state index is 0.0347. The first-order chi connectivity index (χ1) is 20.2. The average Bonchev–Trinajstić information content (AvgIpc) is 2.98. The molecule has 0 bridgehead atoms. The first-order valence-electron chi connectivity index (χ1n) is 12.6. The van der Waals surface area contributed by atoms with E-state index in [-0.39, 0.29) is 45.2 Å². The Balaban J connectivity index is 1.47. The second kappa shape index (κ2) is 12.0. The molecule has 42 heavy (non-hydrogen) atoms. The number of fused-ring (bicyclic) bond motifs is 1. The van der Waals surface area contributed by atoms with E-state index in [1.807, 2.05) is 42.5 Å². The molecule has 0 aliphatic carbocycles. The van der Waals surface area contributed by atoms with Gasteiger partial charge in [-0.3, -0.25) is 14.9 Å². The van der Waals surface area contributed by atoms with E-state index in [0.717, 1.165) is 21.2 Å². The highest BCUT2D eigenvalue weighted by Crippen LogP contribution is 2.40. The second-order valence-corrected chi connectivity index (χ2v) is 9.89. The van der Waals surface area contributed by atoms with Gasteiger partial charge >= 0.3 is 6.03 Å². The summed E-state index contributed by atoms with van der Waals surface area (Å²) in [5.74, 6) is -0.870. The lowest BCUT2D eigenvalue weighted by molar-refractivity contribution is -0.122. The van der Waals surface area contributed by atoms with Crippen molar-refractivity contribution < 1.29 is 33.3 Å². The molecule has 0 spiro atoms. The van der Waals surface area contributed by atoms with E-state index in [0.29, 0.717) is 11.3 Å². The van der Waals surface area contributed by atoms with Crippen molar-refractivity contribution in [3.8, 4) is 23.0 Å². The summed E-state index contributed by atoms with van der Waals surface area (Å²) in [6.07, 6.45) is 1.31. The fraction of sp³-hybridized carbons (Fsp3) is 0.129. The number of hydrogen-bond acceptors (Lipinski definition) is 7. The maximum absolute atomic E-state index is 13.5. The number of carbonyl (C=O) groups excluding carboxylic acids is 3. The molecule has 214 valence electrons. The van der Waals surface area contributed by atoms with Crippen LogP contribution in [-0.2, 0) is 16.2 Å². The van der Waals surface area contributed by atoms with Crippen molar-refractivity contribution in [1.29, 1.82) is 0 Å². The van der Waals surface area contributed by atoms with Gasteiger partial charge in [0, 0.05) is 12.1 Å². The van der Waals surface area contributed by atoms with Crippen LogP contribution in [0.2, 0.25) is 10.0 Å². The van der Waals surface area contributed by atoms with Gasteiger partial charge in [0.1, 0.15) is 23.7 Å². The number of hydrogen-bond donors (Lipinski definition) is 1. The Morgan fingerprint density at radius 2 is 1.52 bits per heavy atom. The number of halogens is 2. The van der Waals surface area contributed by atoms with Crippen molar-refractivity contribution in [2.45, 2.75) is 6.61 Å². The number of carbonyl (C=O) groups is 3. The minimum atomic E-state index is -0.961. The predicted octanol–water partition coefficient (Wildman–Crippen LogP) is 6.42. The number of nitrogens with zero attached hydrogens (tertiary/aromatic N) is 1. The summed E-state index contributed by atoms with van der Waals surface area (Å²) in [6.45, 7) is 0.224. The Hall–Kier alpha value is -4.73. The maximum atomic E-state index is 13.5. The van der Waals surface area contributed by atoms with Crippen LogP contribution in [-0.4, -0.2) is 39.2 Å². The van der Waals surface area contributed by atoms with Crippen LogP contribution in [0.5, 0.6) is 23.0 Å². The number of ether oxygens (including phenoxy) is 4. The van der Waals surface area contributed by atoms with E-state index in [1.54, 1.807) is 6.07 Å². The Kier molecular flexibility index (Phi) is 8.24. The number of amides is 4. The summed E-state index contributed by atoms with van der Waals surface area (Å²) < 4.78 is 22.2. The summed E-state index contributed by atoms with van der Waals surface area (Å²) >= 11 is 12.8. The molecule has 4 aromatic carbocycles. The van der Waals surface area contributed by atoms with E-state index >= 15 is 0 Å². The highest BCUT2D eigenvalue weighted by molar-refractivity contribution is 6.40. The SMILES string of the molecule is COc1cc(N2C(=O)NC(=O)/C(=C\c3cc(Cl)c(OCc4cccc5ccccc45)c(OC)c3)C2=O)c(OC)cc1Cl. The lowest BCUT2D eigenvalue weighted by atomic mass is 10.1. The molecule has 5 rings (SSSR count). The highest BCUT2D eigenvalue weighted by Gasteiger charge is 2.38. The van der Waals surface area contributed by atoms with Crippen LogP contribution in [0.15, 0.2) is 72.3 Å². The Labute approximate surface area is 251 Å². The van der Waals surface area contributed by atoms with Gasteiger partial charge in [0.15, 0.2) is 11.5 Å². The number of anilines is 1. The van der Waals surface area contributed by atoms with Crippen molar-refractivity contribution in [1.82, 2.24) is 5.32 Å².